The van der Waals surface area contributed by atoms with Gasteiger partial charge in [-0.05, 0) is 25.5 Å². The number of rotatable bonds is 3. The van der Waals surface area contributed by atoms with E-state index in [0.29, 0.717) is 23.6 Å². The molecule has 0 bridgehead atoms. The summed E-state index contributed by atoms with van der Waals surface area (Å²) in [5.74, 6) is -0.800. The molecule has 1 atom stereocenters. The fourth-order valence-electron chi connectivity index (χ4n) is 2.46. The number of carbonyl (C=O) groups excluding carboxylic acids is 1. The summed E-state index contributed by atoms with van der Waals surface area (Å²) in [5, 5.41) is 6.12. The van der Waals surface area contributed by atoms with Crippen molar-refractivity contribution in [2.75, 3.05) is 13.1 Å². The van der Waals surface area contributed by atoms with Gasteiger partial charge in [-0.25, -0.2) is 4.39 Å². The second-order valence-corrected chi connectivity index (χ2v) is 4.88. The van der Waals surface area contributed by atoms with E-state index in [1.165, 1.54) is 24.5 Å². The molecule has 1 unspecified atom stereocenters. The predicted molar refractivity (Wildman–Crippen MR) is 87.3 cm³/mol. The SMILES string of the molecule is Cl.Cl.O=C(NCC1CCCN1)c1cc(F)cc2nccnc12. The Bertz CT molecular complexity index is 650. The van der Waals surface area contributed by atoms with Gasteiger partial charge in [-0.1, -0.05) is 0 Å². The highest BCUT2D eigenvalue weighted by Gasteiger charge is 2.17. The van der Waals surface area contributed by atoms with Crippen molar-refractivity contribution in [1.29, 1.82) is 0 Å². The molecule has 8 heteroatoms. The summed E-state index contributed by atoms with van der Waals surface area (Å²) in [4.78, 5) is 20.3. The second-order valence-electron chi connectivity index (χ2n) is 4.88. The molecule has 22 heavy (non-hydrogen) atoms. The van der Waals surface area contributed by atoms with Gasteiger partial charge in [0, 0.05) is 31.0 Å². The van der Waals surface area contributed by atoms with Gasteiger partial charge in [0.05, 0.1) is 11.1 Å². The van der Waals surface area contributed by atoms with Crippen LogP contribution in [0.25, 0.3) is 11.0 Å². The Morgan fingerprint density at radius 2 is 2.09 bits per heavy atom. The molecule has 5 nitrogen and oxygen atoms in total. The number of fused-ring (bicyclic) bond motifs is 1. The molecule has 1 aromatic heterocycles. The lowest BCUT2D eigenvalue weighted by Gasteiger charge is -2.12. The highest BCUT2D eigenvalue weighted by molar-refractivity contribution is 6.04. The molecule has 2 N–H and O–H groups in total. The smallest absolute Gasteiger partial charge is 0.253 e. The molecule has 3 rings (SSSR count). The number of hydrogen-bond acceptors (Lipinski definition) is 4. The Hall–Kier alpha value is -1.50. The zero-order valence-corrected chi connectivity index (χ0v) is 13.3. The third kappa shape index (κ3) is 4.03. The minimum Gasteiger partial charge on any atom is -0.350 e. The molecule has 0 radical (unpaired) electrons. The van der Waals surface area contributed by atoms with Gasteiger partial charge < -0.3 is 10.6 Å². The molecule has 1 saturated heterocycles. The maximum Gasteiger partial charge on any atom is 0.253 e. The molecule has 1 aromatic carbocycles. The van der Waals surface area contributed by atoms with Gasteiger partial charge in [0.1, 0.15) is 11.3 Å². The van der Waals surface area contributed by atoms with Crippen LogP contribution in [0.3, 0.4) is 0 Å². The first-order valence-corrected chi connectivity index (χ1v) is 6.66. The molecule has 120 valence electrons. The van der Waals surface area contributed by atoms with E-state index in [0.717, 1.165) is 19.4 Å². The second kappa shape index (κ2) is 8.22. The largest absolute Gasteiger partial charge is 0.350 e. The van der Waals surface area contributed by atoms with E-state index in [1.807, 2.05) is 0 Å². The van der Waals surface area contributed by atoms with E-state index in [2.05, 4.69) is 20.6 Å². The summed E-state index contributed by atoms with van der Waals surface area (Å²) < 4.78 is 13.5. The number of nitrogens with zero attached hydrogens (tertiary/aromatic N) is 2. The van der Waals surface area contributed by atoms with E-state index in [4.69, 9.17) is 0 Å². The average molecular weight is 347 g/mol. The average Bonchev–Trinajstić information content (AvgIpc) is 2.97. The lowest BCUT2D eigenvalue weighted by molar-refractivity contribution is 0.0951. The molecule has 1 aliphatic heterocycles. The Kier molecular flexibility index (Phi) is 6.93. The first-order chi connectivity index (χ1) is 9.74. The normalized spacial score (nSPS) is 16.7. The lowest BCUT2D eigenvalue weighted by Crippen LogP contribution is -2.37. The Labute approximate surface area is 139 Å². The van der Waals surface area contributed by atoms with Gasteiger partial charge in [0.15, 0.2) is 0 Å². The van der Waals surface area contributed by atoms with Gasteiger partial charge in [0.25, 0.3) is 5.91 Å². The molecule has 1 fully saturated rings. The third-order valence-electron chi connectivity index (χ3n) is 3.45. The molecule has 2 aromatic rings. The summed E-state index contributed by atoms with van der Waals surface area (Å²) in [5.41, 5.74) is 1.04. The van der Waals surface area contributed by atoms with Gasteiger partial charge in [-0.3, -0.25) is 14.8 Å². The third-order valence-corrected chi connectivity index (χ3v) is 3.45. The number of hydrogen-bond donors (Lipinski definition) is 2. The topological polar surface area (TPSA) is 66.9 Å². The van der Waals surface area contributed by atoms with Gasteiger partial charge in [-0.15, -0.1) is 24.8 Å². The zero-order valence-electron chi connectivity index (χ0n) is 11.7. The van der Waals surface area contributed by atoms with E-state index < -0.39 is 5.82 Å². The summed E-state index contributed by atoms with van der Waals surface area (Å²) in [6.07, 6.45) is 5.14. The Balaban J connectivity index is 0.00000121. The molecule has 0 saturated carbocycles. The fourth-order valence-corrected chi connectivity index (χ4v) is 2.46. The van der Waals surface area contributed by atoms with E-state index in [9.17, 15) is 9.18 Å². The van der Waals surface area contributed by atoms with Crippen molar-refractivity contribution in [3.8, 4) is 0 Å². The lowest BCUT2D eigenvalue weighted by atomic mass is 10.1. The molecular weight excluding hydrogens is 330 g/mol. The van der Waals surface area contributed by atoms with E-state index in [1.54, 1.807) is 0 Å². The quantitative estimate of drug-likeness (QED) is 0.892. The van der Waals surface area contributed by atoms with Crippen LogP contribution in [-0.4, -0.2) is 35.0 Å². The van der Waals surface area contributed by atoms with E-state index in [-0.39, 0.29) is 36.3 Å². The van der Waals surface area contributed by atoms with Crippen LogP contribution in [-0.2, 0) is 0 Å². The highest BCUT2D eigenvalue weighted by Crippen LogP contribution is 2.16. The number of carbonyl (C=O) groups is 1. The molecule has 1 amide bonds. The first-order valence-electron chi connectivity index (χ1n) is 6.66. The number of halogens is 3. The van der Waals surface area contributed by atoms with Crippen LogP contribution < -0.4 is 10.6 Å². The molecular formula is C14H17Cl2FN4O. The Morgan fingerprint density at radius 1 is 1.32 bits per heavy atom. The van der Waals surface area contributed by atoms with Crippen LogP contribution in [0.5, 0.6) is 0 Å². The van der Waals surface area contributed by atoms with Crippen molar-refractivity contribution in [2.45, 2.75) is 18.9 Å². The van der Waals surface area contributed by atoms with Crippen LogP contribution in [0.4, 0.5) is 4.39 Å². The van der Waals surface area contributed by atoms with Crippen molar-refractivity contribution in [3.05, 3.63) is 35.9 Å². The van der Waals surface area contributed by atoms with Gasteiger partial charge in [0.2, 0.25) is 0 Å². The van der Waals surface area contributed by atoms with Crippen LogP contribution in [0.2, 0.25) is 0 Å². The summed E-state index contributed by atoms with van der Waals surface area (Å²) in [7, 11) is 0. The Morgan fingerprint density at radius 3 is 2.82 bits per heavy atom. The summed E-state index contributed by atoms with van der Waals surface area (Å²) >= 11 is 0. The standard InChI is InChI=1S/C14H15FN4O.2ClH/c15-9-6-11(13-12(7-9)17-4-5-18-13)14(20)19-8-10-2-1-3-16-10;;/h4-7,10,16H,1-3,8H2,(H,19,20);2*1H. The molecule has 1 aliphatic rings. The predicted octanol–water partition coefficient (Wildman–Crippen LogP) is 2.09. The van der Waals surface area contributed by atoms with Crippen molar-refractivity contribution < 1.29 is 9.18 Å². The van der Waals surface area contributed by atoms with Crippen molar-refractivity contribution in [3.63, 3.8) is 0 Å². The summed E-state index contributed by atoms with van der Waals surface area (Å²) in [6, 6.07) is 2.77. The van der Waals surface area contributed by atoms with Crippen molar-refractivity contribution in [1.82, 2.24) is 20.6 Å². The minimum atomic E-state index is -0.484. The monoisotopic (exact) mass is 346 g/mol. The van der Waals surface area contributed by atoms with Crippen LogP contribution in [0, 0.1) is 5.82 Å². The molecule has 2 heterocycles. The van der Waals surface area contributed by atoms with Crippen LogP contribution in [0.15, 0.2) is 24.5 Å². The minimum absolute atomic E-state index is 0. The number of benzene rings is 1. The number of nitrogens with one attached hydrogen (secondary N) is 2. The van der Waals surface area contributed by atoms with Crippen LogP contribution in [0.1, 0.15) is 23.2 Å². The van der Waals surface area contributed by atoms with Gasteiger partial charge >= 0.3 is 0 Å². The highest BCUT2D eigenvalue weighted by atomic mass is 35.5. The van der Waals surface area contributed by atoms with E-state index >= 15 is 0 Å². The maximum absolute atomic E-state index is 13.5. The van der Waals surface area contributed by atoms with Crippen molar-refractivity contribution in [2.24, 2.45) is 0 Å². The zero-order chi connectivity index (χ0) is 13.9. The maximum atomic E-state index is 13.5. The summed E-state index contributed by atoms with van der Waals surface area (Å²) in [6.45, 7) is 1.52. The number of amides is 1. The molecule has 0 aliphatic carbocycles. The van der Waals surface area contributed by atoms with Crippen LogP contribution >= 0.6 is 24.8 Å². The number of aromatic nitrogens is 2. The molecule has 0 spiro atoms. The fraction of sp³-hybridized carbons (Fsp3) is 0.357. The van der Waals surface area contributed by atoms with Gasteiger partial charge in [-0.2, -0.15) is 0 Å². The first kappa shape index (κ1) is 18.5. The van der Waals surface area contributed by atoms with Crippen molar-refractivity contribution >= 4 is 41.8 Å².